The van der Waals surface area contributed by atoms with Crippen molar-refractivity contribution in [2.24, 2.45) is 0 Å². The zero-order chi connectivity index (χ0) is 8.36. The first-order chi connectivity index (χ1) is 5.41. The van der Waals surface area contributed by atoms with Gasteiger partial charge in [-0.2, -0.15) is 0 Å². The first-order valence-corrected chi connectivity index (χ1v) is 4.50. The molecule has 0 aliphatic heterocycles. The van der Waals surface area contributed by atoms with Crippen LogP contribution in [0, 0.1) is 12.3 Å². The molecule has 0 aromatic heterocycles. The average Bonchev–Trinajstić information content (AvgIpc) is 2.03. The van der Waals surface area contributed by atoms with Crippen LogP contribution in [-0.2, 0) is 0 Å². The molecule has 0 heterocycles. The summed E-state index contributed by atoms with van der Waals surface area (Å²) in [6.45, 7) is 0.588. The van der Waals surface area contributed by atoms with E-state index in [2.05, 4.69) is 5.92 Å². The fraction of sp³-hybridized carbons (Fsp3) is 0.800. The van der Waals surface area contributed by atoms with Crippen LogP contribution in [0.15, 0.2) is 0 Å². The van der Waals surface area contributed by atoms with E-state index in [0.717, 1.165) is 12.8 Å². The fourth-order valence-corrected chi connectivity index (χ4v) is 1.06. The number of hydrogen-bond donors (Lipinski definition) is 0. The molecule has 1 radical (unpaired) electrons. The minimum atomic E-state index is 0.588. The molecule has 11 heavy (non-hydrogen) atoms. The average molecular weight is 152 g/mol. The largest absolute Gasteiger partial charge is 0.258 e. The fourth-order valence-electron chi connectivity index (χ4n) is 1.06. The lowest BCUT2D eigenvalue weighted by atomic mass is 10.1. The highest BCUT2D eigenvalue weighted by Gasteiger charge is 1.88. The van der Waals surface area contributed by atoms with Gasteiger partial charge < -0.3 is 0 Å². The molecule has 0 aliphatic rings. The molecule has 0 saturated heterocycles. The van der Waals surface area contributed by atoms with Crippen LogP contribution in [-0.4, -0.2) is 6.54 Å². The predicted octanol–water partition coefficient (Wildman–Crippen LogP) is 2.63. The Morgan fingerprint density at radius 2 is 1.45 bits per heavy atom. The van der Waals surface area contributed by atoms with E-state index in [1.54, 1.807) is 0 Å². The quantitative estimate of drug-likeness (QED) is 0.395. The minimum Gasteiger partial charge on any atom is -0.258 e. The third-order valence-electron chi connectivity index (χ3n) is 1.75. The van der Waals surface area contributed by atoms with Gasteiger partial charge in [-0.05, 0) is 12.8 Å². The van der Waals surface area contributed by atoms with Crippen molar-refractivity contribution in [2.75, 3.05) is 6.54 Å². The second-order valence-corrected chi connectivity index (χ2v) is 2.83. The summed E-state index contributed by atoms with van der Waals surface area (Å²) >= 11 is 0. The third kappa shape index (κ3) is 9.52. The van der Waals surface area contributed by atoms with Crippen molar-refractivity contribution < 1.29 is 0 Å². The Balaban J connectivity index is 2.75. The molecule has 0 atom stereocenters. The zero-order valence-electron chi connectivity index (χ0n) is 7.23. The zero-order valence-corrected chi connectivity index (χ0v) is 7.23. The van der Waals surface area contributed by atoms with E-state index >= 15 is 0 Å². The second-order valence-electron chi connectivity index (χ2n) is 2.83. The van der Waals surface area contributed by atoms with Crippen LogP contribution in [0.5, 0.6) is 0 Å². The molecule has 0 unspecified atom stereocenters. The van der Waals surface area contributed by atoms with Crippen molar-refractivity contribution in [3.8, 4) is 12.3 Å². The van der Waals surface area contributed by atoms with Crippen molar-refractivity contribution >= 4 is 0 Å². The number of rotatable bonds is 7. The van der Waals surface area contributed by atoms with Gasteiger partial charge in [0.15, 0.2) is 0 Å². The Morgan fingerprint density at radius 1 is 0.909 bits per heavy atom. The maximum absolute atomic E-state index is 6.92. The molecule has 0 aromatic rings. The van der Waals surface area contributed by atoms with Crippen LogP contribution in [0.2, 0.25) is 0 Å². The summed E-state index contributed by atoms with van der Waals surface area (Å²) in [5, 5.41) is 0. The van der Waals surface area contributed by atoms with E-state index in [-0.39, 0.29) is 0 Å². The molecule has 63 valence electrons. The van der Waals surface area contributed by atoms with Gasteiger partial charge in [-0.1, -0.05) is 25.7 Å². The van der Waals surface area contributed by atoms with Gasteiger partial charge >= 0.3 is 0 Å². The topological polar surface area (TPSA) is 23.8 Å². The monoisotopic (exact) mass is 152 g/mol. The third-order valence-corrected chi connectivity index (χ3v) is 1.75. The smallest absolute Gasteiger partial charge is 0.00997 e. The molecule has 0 fully saturated rings. The lowest BCUT2D eigenvalue weighted by molar-refractivity contribution is 0.600. The van der Waals surface area contributed by atoms with E-state index in [0.29, 0.717) is 6.54 Å². The molecule has 0 spiro atoms. The van der Waals surface area contributed by atoms with Gasteiger partial charge in [0.2, 0.25) is 0 Å². The van der Waals surface area contributed by atoms with Gasteiger partial charge in [0, 0.05) is 13.0 Å². The Hall–Kier alpha value is -0.480. The number of terminal acetylenes is 1. The summed E-state index contributed by atoms with van der Waals surface area (Å²) in [7, 11) is 0. The summed E-state index contributed by atoms with van der Waals surface area (Å²) in [4.78, 5) is 0. The normalized spacial score (nSPS) is 9.45. The Morgan fingerprint density at radius 3 is 2.00 bits per heavy atom. The summed E-state index contributed by atoms with van der Waals surface area (Å²) < 4.78 is 0. The predicted molar refractivity (Wildman–Crippen MR) is 49.1 cm³/mol. The van der Waals surface area contributed by atoms with Gasteiger partial charge in [-0.3, -0.25) is 5.73 Å². The van der Waals surface area contributed by atoms with Crippen LogP contribution in [0.25, 0.3) is 0 Å². The molecule has 0 saturated carbocycles. The first-order valence-electron chi connectivity index (χ1n) is 4.50. The Kier molecular flexibility index (Phi) is 9.10. The van der Waals surface area contributed by atoms with Crippen molar-refractivity contribution in [2.45, 2.75) is 44.9 Å². The molecule has 1 heteroatoms. The Labute approximate surface area is 70.4 Å². The molecular weight excluding hydrogens is 134 g/mol. The summed E-state index contributed by atoms with van der Waals surface area (Å²) in [5.74, 6) is 2.64. The molecule has 0 aromatic carbocycles. The van der Waals surface area contributed by atoms with Gasteiger partial charge in [0.1, 0.15) is 0 Å². The maximum Gasteiger partial charge on any atom is 0.00997 e. The van der Waals surface area contributed by atoms with Gasteiger partial charge in [0.05, 0.1) is 0 Å². The van der Waals surface area contributed by atoms with E-state index in [4.69, 9.17) is 12.2 Å². The number of nitrogens with one attached hydrogen (secondary N) is 1. The number of hydrogen-bond acceptors (Lipinski definition) is 0. The van der Waals surface area contributed by atoms with Gasteiger partial charge in [-0.15, -0.1) is 12.3 Å². The summed E-state index contributed by atoms with van der Waals surface area (Å²) in [6, 6.07) is 0. The lowest BCUT2D eigenvalue weighted by Crippen LogP contribution is -1.85. The molecular formula is C10H18N. The number of unbranched alkanes of at least 4 members (excludes halogenated alkanes) is 6. The molecule has 1 N–H and O–H groups in total. The van der Waals surface area contributed by atoms with E-state index in [9.17, 15) is 0 Å². The highest BCUT2D eigenvalue weighted by atomic mass is 14.5. The standard InChI is InChI=1S/C10H18N/c1-2-3-4-5-6-7-8-9-10-11/h1,11H,3-10H2. The summed E-state index contributed by atoms with van der Waals surface area (Å²) in [6.07, 6.45) is 13.4. The van der Waals surface area contributed by atoms with E-state index in [1.165, 1.54) is 32.1 Å². The SMILES string of the molecule is C#CCCCCCCCC[NH]. The second kappa shape index (κ2) is 9.52. The lowest BCUT2D eigenvalue weighted by Gasteiger charge is -1.97. The van der Waals surface area contributed by atoms with Crippen molar-refractivity contribution in [3.05, 3.63) is 0 Å². The van der Waals surface area contributed by atoms with Crippen molar-refractivity contribution in [3.63, 3.8) is 0 Å². The maximum atomic E-state index is 6.92. The minimum absolute atomic E-state index is 0.588. The highest BCUT2D eigenvalue weighted by Crippen LogP contribution is 2.05. The Bertz CT molecular complexity index is 102. The molecule has 0 aliphatic carbocycles. The van der Waals surface area contributed by atoms with Crippen LogP contribution in [0.3, 0.4) is 0 Å². The molecule has 0 rings (SSSR count). The molecule has 1 nitrogen and oxygen atoms in total. The van der Waals surface area contributed by atoms with Gasteiger partial charge in [-0.25, -0.2) is 0 Å². The van der Waals surface area contributed by atoms with Crippen molar-refractivity contribution in [1.82, 2.24) is 5.73 Å². The van der Waals surface area contributed by atoms with E-state index in [1.807, 2.05) is 0 Å². The van der Waals surface area contributed by atoms with Crippen LogP contribution >= 0.6 is 0 Å². The summed E-state index contributed by atoms with van der Waals surface area (Å²) in [5.41, 5.74) is 6.92. The van der Waals surface area contributed by atoms with Crippen molar-refractivity contribution in [1.29, 1.82) is 0 Å². The van der Waals surface area contributed by atoms with E-state index < -0.39 is 0 Å². The van der Waals surface area contributed by atoms with Crippen LogP contribution in [0.4, 0.5) is 0 Å². The van der Waals surface area contributed by atoms with Crippen LogP contribution in [0.1, 0.15) is 44.9 Å². The van der Waals surface area contributed by atoms with Crippen LogP contribution < -0.4 is 5.73 Å². The molecule has 0 bridgehead atoms. The first kappa shape index (κ1) is 10.5. The highest BCUT2D eigenvalue weighted by molar-refractivity contribution is 4.82. The molecule has 0 amide bonds. The van der Waals surface area contributed by atoms with Gasteiger partial charge in [0.25, 0.3) is 0 Å².